The summed E-state index contributed by atoms with van der Waals surface area (Å²) in [4.78, 5) is 36.1. The molecule has 2 rings (SSSR count). The SMILES string of the molecule is CC(=O)CC[C@@]1(C(=O)NS(=O)(=O)c2ccc(C)cc2)CCCC1=O. The van der Waals surface area contributed by atoms with Crippen molar-refractivity contribution < 1.29 is 22.8 Å². The van der Waals surface area contributed by atoms with Crippen LogP contribution in [0.15, 0.2) is 29.2 Å². The molecule has 24 heavy (non-hydrogen) atoms. The molecule has 1 aliphatic carbocycles. The fraction of sp³-hybridized carbons (Fsp3) is 0.471. The standard InChI is InChI=1S/C17H21NO5S/c1-12-5-7-14(8-6-12)24(22,23)18-16(21)17(11-9-13(2)19)10-3-4-15(17)20/h5-8H,3-4,9-11H2,1-2H3,(H,18,21)/t17-/m0/s1. The number of carbonyl (C=O) groups is 3. The summed E-state index contributed by atoms with van der Waals surface area (Å²) in [6.45, 7) is 3.21. The number of carbonyl (C=O) groups excluding carboxylic acids is 3. The molecule has 6 nitrogen and oxygen atoms in total. The van der Waals surface area contributed by atoms with E-state index in [0.717, 1.165) is 5.56 Å². The highest BCUT2D eigenvalue weighted by Crippen LogP contribution is 2.39. The van der Waals surface area contributed by atoms with Crippen molar-refractivity contribution in [3.63, 3.8) is 0 Å². The van der Waals surface area contributed by atoms with Gasteiger partial charge in [-0.15, -0.1) is 0 Å². The minimum atomic E-state index is -4.05. The lowest BCUT2D eigenvalue weighted by molar-refractivity contribution is -0.139. The van der Waals surface area contributed by atoms with Gasteiger partial charge in [0.25, 0.3) is 10.0 Å². The van der Waals surface area contributed by atoms with Crippen LogP contribution in [0, 0.1) is 12.3 Å². The molecule has 1 fully saturated rings. The summed E-state index contributed by atoms with van der Waals surface area (Å²) < 4.78 is 26.8. The van der Waals surface area contributed by atoms with Gasteiger partial charge in [-0.1, -0.05) is 17.7 Å². The van der Waals surface area contributed by atoms with Crippen LogP contribution in [0.2, 0.25) is 0 Å². The molecule has 0 aromatic heterocycles. The number of hydrogen-bond donors (Lipinski definition) is 1. The van der Waals surface area contributed by atoms with Crippen molar-refractivity contribution in [2.45, 2.75) is 50.8 Å². The molecule has 0 bridgehead atoms. The van der Waals surface area contributed by atoms with Gasteiger partial charge in [0.2, 0.25) is 5.91 Å². The van der Waals surface area contributed by atoms with E-state index in [0.29, 0.717) is 6.42 Å². The Morgan fingerprint density at radius 2 is 1.83 bits per heavy atom. The summed E-state index contributed by atoms with van der Waals surface area (Å²) in [7, 11) is -4.05. The average Bonchev–Trinajstić information content (AvgIpc) is 2.87. The molecule has 0 unspecified atom stereocenters. The number of nitrogens with one attached hydrogen (secondary N) is 1. The maximum Gasteiger partial charge on any atom is 0.264 e. The van der Waals surface area contributed by atoms with E-state index in [9.17, 15) is 22.8 Å². The van der Waals surface area contributed by atoms with E-state index >= 15 is 0 Å². The summed E-state index contributed by atoms with van der Waals surface area (Å²) in [6.07, 6.45) is 1.15. The zero-order valence-corrected chi connectivity index (χ0v) is 14.6. The molecule has 1 aliphatic rings. The Morgan fingerprint density at radius 3 is 2.33 bits per heavy atom. The lowest BCUT2D eigenvalue weighted by Crippen LogP contribution is -2.46. The van der Waals surface area contributed by atoms with Gasteiger partial charge in [-0.05, 0) is 45.2 Å². The summed E-state index contributed by atoms with van der Waals surface area (Å²) in [6, 6.07) is 6.07. The number of ketones is 2. The number of hydrogen-bond acceptors (Lipinski definition) is 5. The fourth-order valence-electron chi connectivity index (χ4n) is 2.93. The van der Waals surface area contributed by atoms with Crippen LogP contribution in [-0.4, -0.2) is 25.9 Å². The van der Waals surface area contributed by atoms with Crippen molar-refractivity contribution in [2.24, 2.45) is 5.41 Å². The van der Waals surface area contributed by atoms with E-state index in [1.807, 2.05) is 11.6 Å². The van der Waals surface area contributed by atoms with Gasteiger partial charge in [0.1, 0.15) is 17.0 Å². The zero-order valence-electron chi connectivity index (χ0n) is 13.8. The number of aryl methyl sites for hydroxylation is 1. The van der Waals surface area contributed by atoms with Crippen LogP contribution in [0.1, 0.15) is 44.6 Å². The van der Waals surface area contributed by atoms with E-state index in [-0.39, 0.29) is 42.1 Å². The van der Waals surface area contributed by atoms with Gasteiger partial charge in [0.15, 0.2) is 0 Å². The van der Waals surface area contributed by atoms with Gasteiger partial charge in [0, 0.05) is 12.8 Å². The molecule has 0 aliphatic heterocycles. The topological polar surface area (TPSA) is 97.4 Å². The first kappa shape index (κ1) is 18.3. The lowest BCUT2D eigenvalue weighted by atomic mass is 9.79. The van der Waals surface area contributed by atoms with Crippen molar-refractivity contribution in [3.05, 3.63) is 29.8 Å². The van der Waals surface area contributed by atoms with Crippen LogP contribution in [0.3, 0.4) is 0 Å². The summed E-state index contributed by atoms with van der Waals surface area (Å²) in [5, 5.41) is 0. The molecule has 0 radical (unpaired) electrons. The first-order chi connectivity index (χ1) is 11.2. The molecular formula is C17H21NO5S. The Labute approximate surface area is 141 Å². The van der Waals surface area contributed by atoms with Gasteiger partial charge in [-0.25, -0.2) is 13.1 Å². The average molecular weight is 351 g/mol. The van der Waals surface area contributed by atoms with Crippen molar-refractivity contribution in [3.8, 4) is 0 Å². The lowest BCUT2D eigenvalue weighted by Gasteiger charge is -2.25. The Hall–Kier alpha value is -2.02. The van der Waals surface area contributed by atoms with Crippen LogP contribution in [-0.2, 0) is 24.4 Å². The Bertz CT molecular complexity index is 767. The molecule has 1 aromatic carbocycles. The van der Waals surface area contributed by atoms with E-state index in [1.165, 1.54) is 19.1 Å². The fourth-order valence-corrected chi connectivity index (χ4v) is 3.98. The molecule has 0 spiro atoms. The molecule has 1 saturated carbocycles. The van der Waals surface area contributed by atoms with E-state index < -0.39 is 21.3 Å². The second kappa shape index (κ2) is 6.84. The van der Waals surface area contributed by atoms with E-state index in [1.54, 1.807) is 12.1 Å². The first-order valence-electron chi connectivity index (χ1n) is 7.84. The number of Topliss-reactive ketones (excluding diaryl/α,β-unsaturated/α-hetero) is 2. The van der Waals surface area contributed by atoms with Crippen LogP contribution in [0.25, 0.3) is 0 Å². The first-order valence-corrected chi connectivity index (χ1v) is 9.32. The third kappa shape index (κ3) is 3.72. The van der Waals surface area contributed by atoms with E-state index in [2.05, 4.69) is 0 Å². The predicted octanol–water partition coefficient (Wildman–Crippen LogP) is 1.91. The minimum Gasteiger partial charge on any atom is -0.300 e. The van der Waals surface area contributed by atoms with Crippen molar-refractivity contribution >= 4 is 27.5 Å². The van der Waals surface area contributed by atoms with Gasteiger partial charge in [0.05, 0.1) is 4.90 Å². The number of amides is 1. The molecule has 1 amide bonds. The maximum absolute atomic E-state index is 12.6. The minimum absolute atomic E-state index is 0.0337. The predicted molar refractivity (Wildman–Crippen MR) is 87.7 cm³/mol. The highest BCUT2D eigenvalue weighted by Gasteiger charge is 2.49. The van der Waals surface area contributed by atoms with E-state index in [4.69, 9.17) is 0 Å². The van der Waals surface area contributed by atoms with Crippen molar-refractivity contribution in [1.29, 1.82) is 0 Å². The second-order valence-corrected chi connectivity index (χ2v) is 7.99. The summed E-state index contributed by atoms with van der Waals surface area (Å²) in [5.74, 6) is -1.25. The van der Waals surface area contributed by atoms with Gasteiger partial charge >= 0.3 is 0 Å². The van der Waals surface area contributed by atoms with Crippen molar-refractivity contribution in [1.82, 2.24) is 4.72 Å². The number of rotatable bonds is 6. The Morgan fingerprint density at radius 1 is 1.21 bits per heavy atom. The molecule has 0 heterocycles. The number of sulfonamides is 1. The van der Waals surface area contributed by atoms with Gasteiger partial charge in [-0.2, -0.15) is 0 Å². The summed E-state index contributed by atoms with van der Waals surface area (Å²) in [5.41, 5.74) is -0.521. The molecule has 7 heteroatoms. The molecule has 1 aromatic rings. The molecule has 1 atom stereocenters. The van der Waals surface area contributed by atoms with Crippen LogP contribution >= 0.6 is 0 Å². The third-order valence-corrected chi connectivity index (χ3v) is 5.78. The third-order valence-electron chi connectivity index (χ3n) is 4.44. The zero-order chi connectivity index (χ0) is 18.0. The van der Waals surface area contributed by atoms with Gasteiger partial charge < -0.3 is 4.79 Å². The Balaban J connectivity index is 2.25. The second-order valence-electron chi connectivity index (χ2n) is 6.31. The summed E-state index contributed by atoms with van der Waals surface area (Å²) >= 11 is 0. The highest BCUT2D eigenvalue weighted by atomic mass is 32.2. The number of benzene rings is 1. The smallest absolute Gasteiger partial charge is 0.264 e. The Kier molecular flexibility index (Phi) is 5.22. The maximum atomic E-state index is 12.6. The molecular weight excluding hydrogens is 330 g/mol. The van der Waals surface area contributed by atoms with Gasteiger partial charge in [-0.3, -0.25) is 9.59 Å². The van der Waals surface area contributed by atoms with Crippen LogP contribution in [0.4, 0.5) is 0 Å². The molecule has 1 N–H and O–H groups in total. The van der Waals surface area contributed by atoms with Crippen LogP contribution in [0.5, 0.6) is 0 Å². The largest absolute Gasteiger partial charge is 0.300 e. The van der Waals surface area contributed by atoms with Crippen molar-refractivity contribution in [2.75, 3.05) is 0 Å². The molecule has 130 valence electrons. The quantitative estimate of drug-likeness (QED) is 0.790. The highest BCUT2D eigenvalue weighted by molar-refractivity contribution is 7.90. The monoisotopic (exact) mass is 351 g/mol. The molecule has 0 saturated heterocycles. The normalized spacial score (nSPS) is 20.8. The van der Waals surface area contributed by atoms with Crippen LogP contribution < -0.4 is 4.72 Å².